The molecule has 0 aromatic heterocycles. The molecule has 152 valence electrons. The van der Waals surface area contributed by atoms with E-state index in [0.29, 0.717) is 0 Å². The van der Waals surface area contributed by atoms with Crippen molar-refractivity contribution < 1.29 is 14.3 Å². The van der Waals surface area contributed by atoms with E-state index in [1.54, 1.807) is 14.2 Å². The third-order valence-corrected chi connectivity index (χ3v) is 5.21. The molecule has 1 heterocycles. The van der Waals surface area contributed by atoms with Gasteiger partial charge in [-0.05, 0) is 56.0 Å². The van der Waals surface area contributed by atoms with Crippen molar-refractivity contribution >= 4 is 6.03 Å². The maximum Gasteiger partial charge on any atom is 0.315 e. The molecule has 6 nitrogen and oxygen atoms in total. The number of methoxy groups -OCH3 is 2. The van der Waals surface area contributed by atoms with Crippen LogP contribution >= 0.6 is 0 Å². The monoisotopic (exact) mass is 377 g/mol. The number of hydrogen-bond acceptors (Lipinski definition) is 4. The number of hydrogen-bond donors (Lipinski definition) is 2. The summed E-state index contributed by atoms with van der Waals surface area (Å²) in [6.45, 7) is 12.3. The molecule has 2 amide bonds. The maximum absolute atomic E-state index is 12.5. The average molecular weight is 378 g/mol. The number of likely N-dealkylation sites (N-methyl/N-ethyl adjacent to an activating group) is 1. The molecule has 1 aromatic carbocycles. The highest BCUT2D eigenvalue weighted by molar-refractivity contribution is 5.74. The van der Waals surface area contributed by atoms with Crippen LogP contribution < -0.4 is 20.1 Å². The molecule has 1 aliphatic heterocycles. The number of carbonyl (C=O) groups excluding carboxylic acids is 1. The molecule has 0 saturated carbocycles. The van der Waals surface area contributed by atoms with Crippen molar-refractivity contribution in [1.82, 2.24) is 15.5 Å². The van der Waals surface area contributed by atoms with Gasteiger partial charge in [-0.2, -0.15) is 0 Å². The minimum Gasteiger partial charge on any atom is -0.493 e. The molecule has 2 rings (SSSR count). The van der Waals surface area contributed by atoms with Crippen molar-refractivity contribution in [2.24, 2.45) is 5.92 Å². The lowest BCUT2D eigenvalue weighted by molar-refractivity contribution is 0.132. The summed E-state index contributed by atoms with van der Waals surface area (Å²) < 4.78 is 11.0. The first-order valence-corrected chi connectivity index (χ1v) is 9.88. The lowest BCUT2D eigenvalue weighted by atomic mass is 9.83. The Morgan fingerprint density at radius 2 is 1.78 bits per heavy atom. The number of amides is 2. The molecule has 27 heavy (non-hydrogen) atoms. The number of fused-ring (bicyclic) bond motifs is 1. The van der Waals surface area contributed by atoms with Gasteiger partial charge in [0.15, 0.2) is 11.5 Å². The quantitative estimate of drug-likeness (QED) is 0.765. The summed E-state index contributed by atoms with van der Waals surface area (Å²) in [5.41, 5.74) is 2.48. The van der Waals surface area contributed by atoms with Gasteiger partial charge in [0.05, 0.1) is 26.3 Å². The van der Waals surface area contributed by atoms with E-state index in [2.05, 4.69) is 48.4 Å². The number of urea groups is 1. The predicted octanol–water partition coefficient (Wildman–Crippen LogP) is 3.36. The largest absolute Gasteiger partial charge is 0.493 e. The minimum atomic E-state index is -0.118. The van der Waals surface area contributed by atoms with Crippen molar-refractivity contribution in [3.05, 3.63) is 23.3 Å². The maximum atomic E-state index is 12.5. The Morgan fingerprint density at radius 1 is 1.15 bits per heavy atom. The molecule has 0 bridgehead atoms. The third-order valence-electron chi connectivity index (χ3n) is 5.21. The number of carbonyl (C=O) groups is 1. The fourth-order valence-corrected chi connectivity index (χ4v) is 3.87. The summed E-state index contributed by atoms with van der Waals surface area (Å²) in [4.78, 5) is 14.9. The van der Waals surface area contributed by atoms with E-state index in [1.165, 1.54) is 11.1 Å². The highest BCUT2D eigenvalue weighted by Crippen LogP contribution is 2.40. The molecule has 2 atom stereocenters. The summed E-state index contributed by atoms with van der Waals surface area (Å²) in [5, 5.41) is 6.18. The van der Waals surface area contributed by atoms with Gasteiger partial charge in [0, 0.05) is 12.6 Å². The predicted molar refractivity (Wildman–Crippen MR) is 109 cm³/mol. The van der Waals surface area contributed by atoms with Gasteiger partial charge in [0.25, 0.3) is 0 Å². The van der Waals surface area contributed by atoms with Crippen molar-refractivity contribution in [2.75, 3.05) is 27.3 Å². The van der Waals surface area contributed by atoms with E-state index in [4.69, 9.17) is 9.47 Å². The van der Waals surface area contributed by atoms with Crippen molar-refractivity contribution in [2.45, 2.75) is 59.2 Å². The second-order valence-corrected chi connectivity index (χ2v) is 7.77. The van der Waals surface area contributed by atoms with Crippen LogP contribution in [-0.2, 0) is 6.42 Å². The molecular weight excluding hydrogens is 342 g/mol. The smallest absolute Gasteiger partial charge is 0.315 e. The van der Waals surface area contributed by atoms with Crippen LogP contribution in [0.4, 0.5) is 4.79 Å². The van der Waals surface area contributed by atoms with Crippen LogP contribution in [0.2, 0.25) is 0 Å². The Bertz CT molecular complexity index is 646. The Hall–Kier alpha value is -1.95. The van der Waals surface area contributed by atoms with Crippen LogP contribution in [0.25, 0.3) is 0 Å². The highest BCUT2D eigenvalue weighted by Gasteiger charge is 2.36. The SMILES string of the molecule is CCN1CCc2cc(OC)c(OC)cc2C1C(NC(=O)NC(C)C)C(C)C. The van der Waals surface area contributed by atoms with Gasteiger partial charge in [-0.3, -0.25) is 4.90 Å². The molecule has 2 unspecified atom stereocenters. The normalized spacial score (nSPS) is 18.2. The number of rotatable bonds is 7. The zero-order chi connectivity index (χ0) is 20.1. The molecule has 6 heteroatoms. The summed E-state index contributed by atoms with van der Waals surface area (Å²) in [6, 6.07) is 4.23. The summed E-state index contributed by atoms with van der Waals surface area (Å²) >= 11 is 0. The van der Waals surface area contributed by atoms with E-state index in [-0.39, 0.29) is 30.1 Å². The standard InChI is InChI=1S/C21H35N3O3/c1-8-24-10-9-15-11-17(26-6)18(27-7)12-16(15)20(24)19(13(2)3)23-21(25)22-14(4)5/h11-14,19-20H,8-10H2,1-7H3,(H2,22,23,25). The van der Waals surface area contributed by atoms with Gasteiger partial charge in [-0.25, -0.2) is 4.79 Å². The molecule has 0 spiro atoms. The van der Waals surface area contributed by atoms with Crippen LogP contribution in [0.1, 0.15) is 51.8 Å². The van der Waals surface area contributed by atoms with Gasteiger partial charge in [0.2, 0.25) is 0 Å². The van der Waals surface area contributed by atoms with Crippen LogP contribution in [0.15, 0.2) is 12.1 Å². The van der Waals surface area contributed by atoms with Crippen LogP contribution in [0, 0.1) is 5.92 Å². The highest BCUT2D eigenvalue weighted by atomic mass is 16.5. The van der Waals surface area contributed by atoms with E-state index >= 15 is 0 Å². The molecule has 2 N–H and O–H groups in total. The molecule has 1 aliphatic rings. The number of nitrogens with one attached hydrogen (secondary N) is 2. The molecule has 0 radical (unpaired) electrons. The zero-order valence-corrected chi connectivity index (χ0v) is 17.8. The van der Waals surface area contributed by atoms with E-state index in [1.807, 2.05) is 13.8 Å². The Morgan fingerprint density at radius 3 is 2.30 bits per heavy atom. The van der Waals surface area contributed by atoms with E-state index in [0.717, 1.165) is 31.0 Å². The number of benzene rings is 1. The van der Waals surface area contributed by atoms with Gasteiger partial charge < -0.3 is 20.1 Å². The molecule has 0 aliphatic carbocycles. The topological polar surface area (TPSA) is 62.8 Å². The fourth-order valence-electron chi connectivity index (χ4n) is 3.87. The first kappa shape index (κ1) is 21.4. The third kappa shape index (κ3) is 4.86. The van der Waals surface area contributed by atoms with Crippen LogP contribution in [0.5, 0.6) is 11.5 Å². The van der Waals surface area contributed by atoms with Crippen molar-refractivity contribution in [3.63, 3.8) is 0 Å². The lowest BCUT2D eigenvalue weighted by Gasteiger charge is -2.43. The lowest BCUT2D eigenvalue weighted by Crippen LogP contribution is -2.54. The molecule has 1 aromatic rings. The summed E-state index contributed by atoms with van der Waals surface area (Å²) in [6.07, 6.45) is 0.961. The summed E-state index contributed by atoms with van der Waals surface area (Å²) in [7, 11) is 3.32. The molecular formula is C21H35N3O3. The summed E-state index contributed by atoms with van der Waals surface area (Å²) in [5.74, 6) is 1.76. The zero-order valence-electron chi connectivity index (χ0n) is 17.8. The first-order chi connectivity index (χ1) is 12.8. The van der Waals surface area contributed by atoms with Crippen molar-refractivity contribution in [1.29, 1.82) is 0 Å². The Balaban J connectivity index is 2.46. The Labute approximate surface area is 163 Å². The average Bonchev–Trinajstić information content (AvgIpc) is 2.63. The number of nitrogens with zero attached hydrogens (tertiary/aromatic N) is 1. The molecule has 0 fully saturated rings. The van der Waals surface area contributed by atoms with Gasteiger partial charge in [0.1, 0.15) is 0 Å². The van der Waals surface area contributed by atoms with Crippen LogP contribution in [0.3, 0.4) is 0 Å². The Kier molecular flexibility index (Phi) is 7.36. The second kappa shape index (κ2) is 9.31. The van der Waals surface area contributed by atoms with Crippen molar-refractivity contribution in [3.8, 4) is 11.5 Å². The van der Waals surface area contributed by atoms with Gasteiger partial charge in [-0.1, -0.05) is 20.8 Å². The van der Waals surface area contributed by atoms with Crippen LogP contribution in [-0.4, -0.2) is 50.3 Å². The first-order valence-electron chi connectivity index (χ1n) is 9.88. The number of ether oxygens (including phenoxy) is 2. The minimum absolute atomic E-state index is 0.0131. The van der Waals surface area contributed by atoms with Gasteiger partial charge in [-0.15, -0.1) is 0 Å². The second-order valence-electron chi connectivity index (χ2n) is 7.77. The fraction of sp³-hybridized carbons (Fsp3) is 0.667. The van der Waals surface area contributed by atoms with E-state index < -0.39 is 0 Å². The van der Waals surface area contributed by atoms with Gasteiger partial charge >= 0.3 is 6.03 Å². The van der Waals surface area contributed by atoms with E-state index in [9.17, 15) is 4.79 Å². The molecule has 0 saturated heterocycles.